The maximum absolute atomic E-state index is 11.0. The minimum Gasteiger partial charge on any atom is -0.481 e. The Bertz CT molecular complexity index is 493. The quantitative estimate of drug-likeness (QED) is 0.886. The van der Waals surface area contributed by atoms with Crippen molar-refractivity contribution in [1.29, 1.82) is 0 Å². The molecule has 0 bridgehead atoms. The lowest BCUT2D eigenvalue weighted by atomic mass is 9.79. The average molecular weight is 266 g/mol. The number of rotatable bonds is 5. The van der Waals surface area contributed by atoms with E-state index in [-0.39, 0.29) is 13.2 Å². The molecule has 1 aliphatic rings. The van der Waals surface area contributed by atoms with Gasteiger partial charge in [0.05, 0.1) is 13.0 Å². The van der Waals surface area contributed by atoms with E-state index < -0.39 is 11.4 Å². The van der Waals surface area contributed by atoms with Crippen LogP contribution in [0.25, 0.3) is 0 Å². The fourth-order valence-corrected chi connectivity index (χ4v) is 2.36. The molecule has 1 N–H and O–H groups in total. The van der Waals surface area contributed by atoms with E-state index in [0.29, 0.717) is 18.1 Å². The Morgan fingerprint density at radius 3 is 2.58 bits per heavy atom. The van der Waals surface area contributed by atoms with Crippen LogP contribution in [0.15, 0.2) is 12.1 Å². The molecule has 0 fully saturated rings. The highest BCUT2D eigenvalue weighted by molar-refractivity contribution is 5.69. The van der Waals surface area contributed by atoms with Gasteiger partial charge in [-0.3, -0.25) is 4.79 Å². The van der Waals surface area contributed by atoms with Gasteiger partial charge in [0.25, 0.3) is 0 Å². The van der Waals surface area contributed by atoms with E-state index in [1.165, 1.54) is 0 Å². The molecule has 0 saturated heterocycles. The van der Waals surface area contributed by atoms with Crippen molar-refractivity contribution < 1.29 is 24.1 Å². The van der Waals surface area contributed by atoms with E-state index in [4.69, 9.17) is 19.3 Å². The van der Waals surface area contributed by atoms with Crippen LogP contribution in [0.3, 0.4) is 0 Å². The van der Waals surface area contributed by atoms with Gasteiger partial charge in [-0.2, -0.15) is 0 Å². The SMILES string of the molecule is COCc1cc2c(cc1C(C)(C)CC(=O)O)OCO2. The second kappa shape index (κ2) is 5.09. The predicted molar refractivity (Wildman–Crippen MR) is 68.6 cm³/mol. The first-order chi connectivity index (χ1) is 8.94. The molecule has 0 saturated carbocycles. The first kappa shape index (κ1) is 13.7. The normalized spacial score (nSPS) is 13.6. The molecule has 0 unspecified atom stereocenters. The van der Waals surface area contributed by atoms with Crippen molar-refractivity contribution in [2.75, 3.05) is 13.9 Å². The minimum atomic E-state index is -0.828. The van der Waals surface area contributed by atoms with Gasteiger partial charge in [-0.15, -0.1) is 0 Å². The molecule has 104 valence electrons. The van der Waals surface area contributed by atoms with Crippen molar-refractivity contribution in [2.24, 2.45) is 0 Å². The Hall–Kier alpha value is -1.75. The second-order valence-electron chi connectivity index (χ2n) is 5.25. The predicted octanol–water partition coefficient (Wildman–Crippen LogP) is 2.31. The Kier molecular flexibility index (Phi) is 3.66. The Morgan fingerprint density at radius 1 is 1.37 bits per heavy atom. The van der Waals surface area contributed by atoms with Crippen molar-refractivity contribution in [3.63, 3.8) is 0 Å². The highest BCUT2D eigenvalue weighted by Gasteiger charge is 2.29. The minimum absolute atomic E-state index is 0.0450. The monoisotopic (exact) mass is 266 g/mol. The van der Waals surface area contributed by atoms with Gasteiger partial charge in [0, 0.05) is 12.5 Å². The highest BCUT2D eigenvalue weighted by atomic mass is 16.7. The van der Waals surface area contributed by atoms with E-state index in [2.05, 4.69) is 0 Å². The molecule has 0 aliphatic carbocycles. The average Bonchev–Trinajstić information content (AvgIpc) is 2.73. The van der Waals surface area contributed by atoms with Crippen LogP contribution in [0.4, 0.5) is 0 Å². The van der Waals surface area contributed by atoms with Crippen LogP contribution in [0.2, 0.25) is 0 Å². The first-order valence-corrected chi connectivity index (χ1v) is 6.08. The smallest absolute Gasteiger partial charge is 0.304 e. The maximum atomic E-state index is 11.0. The molecule has 5 nitrogen and oxygen atoms in total. The van der Waals surface area contributed by atoms with Gasteiger partial charge < -0.3 is 19.3 Å². The van der Waals surface area contributed by atoms with Crippen LogP contribution >= 0.6 is 0 Å². The number of carboxylic acid groups (broad SMARTS) is 1. The molecule has 1 aliphatic heterocycles. The summed E-state index contributed by atoms with van der Waals surface area (Å²) in [5, 5.41) is 9.04. The molecular weight excluding hydrogens is 248 g/mol. The van der Waals surface area contributed by atoms with E-state index in [1.807, 2.05) is 26.0 Å². The van der Waals surface area contributed by atoms with Gasteiger partial charge in [0.15, 0.2) is 11.5 Å². The molecule has 2 rings (SSSR count). The molecule has 5 heteroatoms. The number of carbonyl (C=O) groups is 1. The molecule has 1 aromatic carbocycles. The van der Waals surface area contributed by atoms with E-state index in [9.17, 15) is 4.79 Å². The lowest BCUT2D eigenvalue weighted by Gasteiger charge is -2.26. The molecule has 19 heavy (non-hydrogen) atoms. The molecule has 0 atom stereocenters. The van der Waals surface area contributed by atoms with Crippen LogP contribution in [0.1, 0.15) is 31.4 Å². The zero-order valence-electron chi connectivity index (χ0n) is 11.4. The van der Waals surface area contributed by atoms with Gasteiger partial charge in [-0.1, -0.05) is 13.8 Å². The van der Waals surface area contributed by atoms with Gasteiger partial charge >= 0.3 is 5.97 Å². The van der Waals surface area contributed by atoms with Crippen LogP contribution in [-0.2, 0) is 21.6 Å². The summed E-state index contributed by atoms with van der Waals surface area (Å²) >= 11 is 0. The molecule has 0 radical (unpaired) electrons. The number of fused-ring (bicyclic) bond motifs is 1. The fraction of sp³-hybridized carbons (Fsp3) is 0.500. The molecule has 0 aromatic heterocycles. The summed E-state index contributed by atoms with van der Waals surface area (Å²) in [5.41, 5.74) is 1.35. The standard InChI is InChI=1S/C14H18O5/c1-14(2,6-13(15)16)10-5-12-11(18-8-19-12)4-9(10)7-17-3/h4-5H,6-8H2,1-3H3,(H,15,16). The summed E-state index contributed by atoms with van der Waals surface area (Å²) in [6.45, 7) is 4.41. The van der Waals surface area contributed by atoms with Gasteiger partial charge in [-0.25, -0.2) is 0 Å². The van der Waals surface area contributed by atoms with Gasteiger partial charge in [0.2, 0.25) is 6.79 Å². The largest absolute Gasteiger partial charge is 0.481 e. The summed E-state index contributed by atoms with van der Waals surface area (Å²) in [5.74, 6) is 0.515. The van der Waals surface area contributed by atoms with E-state index >= 15 is 0 Å². The molecule has 0 amide bonds. The topological polar surface area (TPSA) is 65.0 Å². The van der Waals surface area contributed by atoms with Crippen LogP contribution in [-0.4, -0.2) is 25.0 Å². The van der Waals surface area contributed by atoms with Gasteiger partial charge in [-0.05, 0) is 23.3 Å². The summed E-state index contributed by atoms with van der Waals surface area (Å²) in [6.07, 6.45) is 0.0450. The summed E-state index contributed by atoms with van der Waals surface area (Å²) in [7, 11) is 1.61. The third-order valence-corrected chi connectivity index (χ3v) is 3.22. The summed E-state index contributed by atoms with van der Waals surface area (Å²) < 4.78 is 15.9. The van der Waals surface area contributed by atoms with Crippen LogP contribution < -0.4 is 9.47 Å². The van der Waals surface area contributed by atoms with E-state index in [0.717, 1.165) is 11.1 Å². The zero-order chi connectivity index (χ0) is 14.0. The lowest BCUT2D eigenvalue weighted by Crippen LogP contribution is -2.23. The van der Waals surface area contributed by atoms with Crippen LogP contribution in [0.5, 0.6) is 11.5 Å². The highest BCUT2D eigenvalue weighted by Crippen LogP contribution is 2.40. The van der Waals surface area contributed by atoms with Crippen molar-refractivity contribution in [3.05, 3.63) is 23.3 Å². The Morgan fingerprint density at radius 2 is 2.00 bits per heavy atom. The number of ether oxygens (including phenoxy) is 3. The summed E-state index contributed by atoms with van der Waals surface area (Å²) in [6, 6.07) is 3.73. The Balaban J connectivity index is 2.45. The van der Waals surface area contributed by atoms with Crippen molar-refractivity contribution in [2.45, 2.75) is 32.3 Å². The number of aliphatic carboxylic acids is 1. The van der Waals surface area contributed by atoms with E-state index in [1.54, 1.807) is 7.11 Å². The first-order valence-electron chi connectivity index (χ1n) is 6.08. The molecule has 0 spiro atoms. The summed E-state index contributed by atoms with van der Waals surface area (Å²) in [4.78, 5) is 11.0. The van der Waals surface area contributed by atoms with Crippen molar-refractivity contribution in [1.82, 2.24) is 0 Å². The van der Waals surface area contributed by atoms with Crippen molar-refractivity contribution in [3.8, 4) is 11.5 Å². The third-order valence-electron chi connectivity index (χ3n) is 3.22. The molecular formula is C14H18O5. The zero-order valence-corrected chi connectivity index (χ0v) is 11.4. The third kappa shape index (κ3) is 2.81. The number of hydrogen-bond donors (Lipinski definition) is 1. The number of benzene rings is 1. The second-order valence-corrected chi connectivity index (χ2v) is 5.25. The van der Waals surface area contributed by atoms with Gasteiger partial charge in [0.1, 0.15) is 0 Å². The molecule has 1 aromatic rings. The van der Waals surface area contributed by atoms with Crippen LogP contribution in [0, 0.1) is 0 Å². The maximum Gasteiger partial charge on any atom is 0.304 e. The number of carboxylic acids is 1. The van der Waals surface area contributed by atoms with Crippen molar-refractivity contribution >= 4 is 5.97 Å². The Labute approximate surface area is 112 Å². The number of hydrogen-bond acceptors (Lipinski definition) is 4. The molecule has 1 heterocycles. The lowest BCUT2D eigenvalue weighted by molar-refractivity contribution is -0.138. The fourth-order valence-electron chi connectivity index (χ4n) is 2.36. The number of methoxy groups -OCH3 is 1.